The fourth-order valence-electron chi connectivity index (χ4n) is 0.748. The van der Waals surface area contributed by atoms with E-state index in [1.807, 2.05) is 41.5 Å². The van der Waals surface area contributed by atoms with Crippen molar-refractivity contribution in [3.05, 3.63) is 0 Å². The van der Waals surface area contributed by atoms with Crippen LogP contribution in [-0.2, 0) is 18.2 Å². The Hall–Kier alpha value is 0.220. The summed E-state index contributed by atoms with van der Waals surface area (Å²) in [6.45, 7) is 11.6. The molecule has 0 atom stereocenters. The van der Waals surface area contributed by atoms with Crippen molar-refractivity contribution in [3.8, 4) is 0 Å². The van der Waals surface area contributed by atoms with Gasteiger partial charge in [-0.3, -0.25) is 9.05 Å². The normalized spacial score (nSPS) is 13.6. The Kier molecular flexibility index (Phi) is 9.78. The first-order valence-electron chi connectivity index (χ1n) is 6.31. The molecule has 0 spiro atoms. The summed E-state index contributed by atoms with van der Waals surface area (Å²) in [4.78, 5) is 33.1. The van der Waals surface area contributed by atoms with Crippen LogP contribution in [0.4, 0.5) is 0 Å². The summed E-state index contributed by atoms with van der Waals surface area (Å²) >= 11 is 0. The first-order valence-corrected chi connectivity index (χ1v) is 9.38. The third kappa shape index (κ3) is 29.0. The van der Waals surface area contributed by atoms with E-state index < -0.39 is 15.6 Å². The fourth-order valence-corrected chi connectivity index (χ4v) is 1.63. The van der Waals surface area contributed by atoms with E-state index in [4.69, 9.17) is 19.6 Å². The first-order chi connectivity index (χ1) is 8.91. The minimum atomic E-state index is -4.26. The number of hydrogen-bond acceptors (Lipinski definition) is 4. The summed E-state index contributed by atoms with van der Waals surface area (Å²) in [5, 5.41) is 0. The van der Waals surface area contributed by atoms with E-state index >= 15 is 0 Å². The number of hydrogen-bond donors (Lipinski definition) is 4. The van der Waals surface area contributed by atoms with E-state index in [2.05, 4.69) is 9.05 Å². The van der Waals surface area contributed by atoms with E-state index in [1.54, 1.807) is 0 Å². The Labute approximate surface area is 126 Å². The molecule has 130 valence electrons. The van der Waals surface area contributed by atoms with Gasteiger partial charge < -0.3 is 19.6 Å². The van der Waals surface area contributed by atoms with Gasteiger partial charge >= 0.3 is 15.6 Å². The van der Waals surface area contributed by atoms with Crippen molar-refractivity contribution < 1.29 is 37.8 Å². The molecule has 10 heteroatoms. The number of phosphoric acid groups is 2. The van der Waals surface area contributed by atoms with Crippen LogP contribution in [0.2, 0.25) is 0 Å². The molecule has 21 heavy (non-hydrogen) atoms. The summed E-state index contributed by atoms with van der Waals surface area (Å²) in [5.74, 6) is 0. The van der Waals surface area contributed by atoms with E-state index in [0.717, 1.165) is 0 Å². The predicted molar refractivity (Wildman–Crippen MR) is 79.5 cm³/mol. The average Bonchev–Trinajstić information content (AvgIpc) is 2.09. The molecule has 0 aliphatic carbocycles. The minimum absolute atomic E-state index is 0.0508. The highest BCUT2D eigenvalue weighted by Gasteiger charge is 2.19. The van der Waals surface area contributed by atoms with Gasteiger partial charge in [0.15, 0.2) is 0 Å². The maximum absolute atomic E-state index is 10.2. The van der Waals surface area contributed by atoms with Gasteiger partial charge in [-0.15, -0.1) is 0 Å². The molecule has 0 aliphatic heterocycles. The van der Waals surface area contributed by atoms with Crippen molar-refractivity contribution in [3.63, 3.8) is 0 Å². The van der Waals surface area contributed by atoms with Crippen molar-refractivity contribution in [2.75, 3.05) is 13.2 Å². The third-order valence-corrected chi connectivity index (χ3v) is 2.76. The molecule has 0 radical (unpaired) electrons. The zero-order valence-corrected chi connectivity index (χ0v) is 15.2. The predicted octanol–water partition coefficient (Wildman–Crippen LogP) is 2.67. The van der Waals surface area contributed by atoms with Crippen LogP contribution in [0.5, 0.6) is 0 Å². The Balaban J connectivity index is 0. The largest absolute Gasteiger partial charge is 0.469 e. The molecule has 4 N–H and O–H groups in total. The van der Waals surface area contributed by atoms with Gasteiger partial charge in [0, 0.05) is 0 Å². The van der Waals surface area contributed by atoms with Crippen LogP contribution in [0.25, 0.3) is 0 Å². The summed E-state index contributed by atoms with van der Waals surface area (Å²) in [5.41, 5.74) is -0.156. The van der Waals surface area contributed by atoms with Gasteiger partial charge in [-0.1, -0.05) is 41.5 Å². The van der Waals surface area contributed by atoms with Crippen molar-refractivity contribution >= 4 is 15.6 Å². The SMILES string of the molecule is CC(C)(C)CCOP(=O)(O)O.CC(C)(C)COP(=O)(O)O. The lowest BCUT2D eigenvalue weighted by molar-refractivity contribution is 0.139. The lowest BCUT2D eigenvalue weighted by Crippen LogP contribution is -2.13. The van der Waals surface area contributed by atoms with Crippen LogP contribution < -0.4 is 0 Å². The third-order valence-electron chi connectivity index (χ3n) is 1.78. The second kappa shape index (κ2) is 8.75. The molecule has 0 aromatic carbocycles. The van der Waals surface area contributed by atoms with Gasteiger partial charge in [0.2, 0.25) is 0 Å². The lowest BCUT2D eigenvalue weighted by atomic mass is 9.93. The van der Waals surface area contributed by atoms with Crippen LogP contribution in [0, 0.1) is 10.8 Å². The molecular formula is C11H28O8P2. The Bertz CT molecular complexity index is 371. The minimum Gasteiger partial charge on any atom is -0.303 e. The molecule has 0 aliphatic rings. The van der Waals surface area contributed by atoms with Crippen LogP contribution in [0.15, 0.2) is 0 Å². The number of rotatable bonds is 5. The van der Waals surface area contributed by atoms with E-state index in [9.17, 15) is 9.13 Å². The highest BCUT2D eigenvalue weighted by atomic mass is 31.2. The Morgan fingerprint density at radius 3 is 1.33 bits per heavy atom. The molecule has 0 aromatic heterocycles. The van der Waals surface area contributed by atoms with Crippen LogP contribution in [0.3, 0.4) is 0 Å². The molecule has 0 rings (SSSR count). The molecule has 8 nitrogen and oxygen atoms in total. The van der Waals surface area contributed by atoms with Gasteiger partial charge in [0.05, 0.1) is 13.2 Å². The van der Waals surface area contributed by atoms with Crippen molar-refractivity contribution in [1.29, 1.82) is 0 Å². The molecule has 0 unspecified atom stereocenters. The number of phosphoric ester groups is 2. The van der Waals surface area contributed by atoms with E-state index in [1.165, 1.54) is 0 Å². The van der Waals surface area contributed by atoms with Crippen LogP contribution in [-0.4, -0.2) is 32.8 Å². The summed E-state index contributed by atoms with van der Waals surface area (Å²) in [6.07, 6.45) is 0.637. The maximum Gasteiger partial charge on any atom is 0.469 e. The van der Waals surface area contributed by atoms with Crippen molar-refractivity contribution in [1.82, 2.24) is 0 Å². The standard InChI is InChI=1S/C6H15O4P.C5H13O4P/c1-6(2,3)4-5-10-11(7,8)9;1-5(2,3)4-9-10(6,7)8/h4-5H2,1-3H3,(H2,7,8,9);4H2,1-3H3,(H2,6,7,8). The molecule has 0 fully saturated rings. The van der Waals surface area contributed by atoms with Crippen molar-refractivity contribution in [2.24, 2.45) is 10.8 Å². The summed E-state index contributed by atoms with van der Waals surface area (Å²) < 4.78 is 28.9. The zero-order chi connectivity index (χ0) is 17.5. The van der Waals surface area contributed by atoms with Gasteiger partial charge in [-0.25, -0.2) is 9.13 Å². The van der Waals surface area contributed by atoms with Gasteiger partial charge in [-0.05, 0) is 17.3 Å². The molecule has 0 bridgehead atoms. The smallest absolute Gasteiger partial charge is 0.303 e. The van der Waals surface area contributed by atoms with E-state index in [-0.39, 0.29) is 24.0 Å². The van der Waals surface area contributed by atoms with Crippen molar-refractivity contribution in [2.45, 2.75) is 48.0 Å². The zero-order valence-electron chi connectivity index (χ0n) is 13.4. The quantitative estimate of drug-likeness (QED) is 0.556. The van der Waals surface area contributed by atoms with Crippen LogP contribution >= 0.6 is 15.6 Å². The maximum atomic E-state index is 10.2. The van der Waals surface area contributed by atoms with Gasteiger partial charge in [-0.2, -0.15) is 0 Å². The second-order valence-electron chi connectivity index (χ2n) is 6.96. The Morgan fingerprint density at radius 1 is 0.762 bits per heavy atom. The Morgan fingerprint density at radius 2 is 1.14 bits per heavy atom. The van der Waals surface area contributed by atoms with Gasteiger partial charge in [0.1, 0.15) is 0 Å². The highest BCUT2D eigenvalue weighted by molar-refractivity contribution is 7.46. The molecule has 0 amide bonds. The van der Waals surface area contributed by atoms with E-state index in [0.29, 0.717) is 6.42 Å². The summed E-state index contributed by atoms with van der Waals surface area (Å²) in [6, 6.07) is 0. The molecule has 0 heterocycles. The fraction of sp³-hybridized carbons (Fsp3) is 1.00. The molecule has 0 saturated heterocycles. The first kappa shape index (κ1) is 23.5. The topological polar surface area (TPSA) is 134 Å². The molecule has 0 aromatic rings. The summed E-state index contributed by atoms with van der Waals surface area (Å²) in [7, 11) is -8.51. The lowest BCUT2D eigenvalue weighted by Gasteiger charge is -2.17. The highest BCUT2D eigenvalue weighted by Crippen LogP contribution is 2.38. The molecular weight excluding hydrogens is 322 g/mol. The monoisotopic (exact) mass is 350 g/mol. The molecule has 0 saturated carbocycles. The van der Waals surface area contributed by atoms with Crippen LogP contribution in [0.1, 0.15) is 48.0 Å². The second-order valence-corrected chi connectivity index (χ2v) is 9.44. The average molecular weight is 350 g/mol. The van der Waals surface area contributed by atoms with Gasteiger partial charge in [0.25, 0.3) is 0 Å².